The summed E-state index contributed by atoms with van der Waals surface area (Å²) in [6.45, 7) is 2.16. The first kappa shape index (κ1) is 86.3. The van der Waals surface area contributed by atoms with E-state index >= 15 is 0 Å². The van der Waals surface area contributed by atoms with Crippen molar-refractivity contribution in [3.63, 3.8) is 0 Å². The fourth-order valence-corrected chi connectivity index (χ4v) is 10.1. The number of primary amides is 2. The molecule has 0 unspecified atom stereocenters. The molecule has 1 aliphatic heterocycles. The van der Waals surface area contributed by atoms with Gasteiger partial charge >= 0.3 is 11.9 Å². The predicted molar refractivity (Wildman–Crippen MR) is 357 cm³/mol. The Morgan fingerprint density at radius 1 is 0.515 bits per heavy atom. The van der Waals surface area contributed by atoms with Gasteiger partial charge in [0.1, 0.15) is 78.3 Å². The van der Waals surface area contributed by atoms with E-state index in [1.165, 1.54) is 38.1 Å². The molecule has 26 N–H and O–H groups in total. The highest BCUT2D eigenvalue weighted by Gasteiger charge is 2.40. The van der Waals surface area contributed by atoms with Gasteiger partial charge in [-0.15, -0.1) is 0 Å². The lowest BCUT2D eigenvalue weighted by Gasteiger charge is -2.28. The maximum atomic E-state index is 14.3. The highest BCUT2D eigenvalue weighted by atomic mass is 16.4. The number of nitrogens with two attached hydrogens (primary N) is 4. The number of aliphatic hydroxyl groups is 3. The summed E-state index contributed by atoms with van der Waals surface area (Å²) in [4.78, 5) is 225. The van der Waals surface area contributed by atoms with Crippen molar-refractivity contribution in [1.29, 1.82) is 0 Å². The van der Waals surface area contributed by atoms with Crippen LogP contribution in [0.15, 0.2) is 54.6 Å². The lowest BCUT2D eigenvalue weighted by atomic mass is 10.0. The molecule has 0 bridgehead atoms. The molecule has 568 valence electrons. The number of nitrogens with zero attached hydrogens (tertiary/aromatic N) is 1. The molecule has 1 heterocycles. The third kappa shape index (κ3) is 30.0. The van der Waals surface area contributed by atoms with Crippen LogP contribution >= 0.6 is 0 Å². The molecule has 3 rings (SSSR count). The second kappa shape index (κ2) is 43.0. The van der Waals surface area contributed by atoms with E-state index < -0.39 is 231 Å². The van der Waals surface area contributed by atoms with Gasteiger partial charge in [0.15, 0.2) is 0 Å². The second-order valence-electron chi connectivity index (χ2n) is 24.3. The van der Waals surface area contributed by atoms with E-state index in [-0.39, 0.29) is 56.5 Å². The Morgan fingerprint density at radius 3 is 1.57 bits per heavy atom. The molecule has 15 amide bonds. The van der Waals surface area contributed by atoms with Gasteiger partial charge in [-0.3, -0.25) is 76.7 Å². The Kier molecular flexibility index (Phi) is 36.0. The highest BCUT2D eigenvalue weighted by Crippen LogP contribution is 2.19. The fraction of sp³-hybridized carbons (Fsp3) is 0.540. The van der Waals surface area contributed by atoms with E-state index in [0.717, 1.165) is 18.7 Å². The molecule has 2 aromatic carbocycles. The van der Waals surface area contributed by atoms with Gasteiger partial charge in [-0.1, -0.05) is 42.5 Å². The Hall–Kier alpha value is -11.0. The molecule has 0 radical (unpaired) electrons. The van der Waals surface area contributed by atoms with Crippen molar-refractivity contribution in [2.45, 2.75) is 183 Å². The first-order valence-corrected chi connectivity index (χ1v) is 32.6. The average molecular weight is 1460 g/mol. The topological polar surface area (TPSA) is 663 Å². The molecule has 0 spiro atoms. The third-order valence-corrected chi connectivity index (χ3v) is 15.8. The summed E-state index contributed by atoms with van der Waals surface area (Å²) in [5.74, 6) is -19.3. The van der Waals surface area contributed by atoms with Gasteiger partial charge in [0, 0.05) is 25.8 Å². The van der Waals surface area contributed by atoms with E-state index in [4.69, 9.17) is 22.9 Å². The molecular weight excluding hydrogens is 1360 g/mol. The van der Waals surface area contributed by atoms with Crippen LogP contribution in [0.1, 0.15) is 96.6 Å². The number of carbonyl (C=O) groups excluding carboxylic acids is 15. The standard InChI is InChI=1S/C63H93N17O23/c1-30(52(91)75-41(25-46(66)86)56(95)74-38(63(102)103)13-8-9-21-64)70-54(93)42(26-49(89)90)77-61(100)51(33(4)83)79-57(96)40(24-35-15-17-36(84)18-16-35)76-58(97)43(29-81)78-55(94)39(23-34-11-6-5-7-12-34)73-48(88)27-68-59(98)44-14-10-22-80(44)62(101)31(2)71-53(92)37(19-20-45(65)85)72-47(87)28-69-60(99)50(67)32(3)82/h5-7,11-12,15-18,30-33,37-44,50-51,81-84H,8-10,13-14,19-29,64,67H2,1-4H3,(H2,65,85)(H2,66,86)(H,68,98)(H,69,99)(H,70,93)(H,71,92)(H,72,87)(H,73,88)(H,74,95)(H,75,91)(H,76,97)(H,77,100)(H,78,94)(H,79,96)(H,89,90)(H,102,103)/t30-,31-,32+,33+,37-,38-,39-,40-,41-,42-,43-,44-,50-,51-/m0/s1. The number of unbranched alkanes of at least 4 members (excludes halogenated alkanes) is 1. The normalized spacial score (nSPS) is 16.2. The Balaban J connectivity index is 1.79. The Morgan fingerprint density at radius 2 is 1.01 bits per heavy atom. The molecule has 103 heavy (non-hydrogen) atoms. The molecule has 40 heteroatoms. The van der Waals surface area contributed by atoms with E-state index in [9.17, 15) is 112 Å². The SMILES string of the molecule is C[C@H](NC(=O)[C@H](CC(=O)O)NC(=O)[C@@H](NC(=O)[C@H](Cc1ccc(O)cc1)NC(=O)[C@H](CO)NC(=O)[C@H](Cc1ccccc1)NC(=O)CNC(=O)[C@@H]1CCCN1C(=O)[C@H](C)NC(=O)[C@H](CCC(N)=O)NC(=O)CNC(=O)[C@@H](N)[C@@H](C)O)[C@@H](C)O)C(=O)N[C@@H](CC(N)=O)C(=O)N[C@@H](CCCCN)C(=O)O. The highest BCUT2D eigenvalue weighted by molar-refractivity contribution is 6.01. The number of nitrogens with one attached hydrogen (secondary N) is 12. The van der Waals surface area contributed by atoms with Gasteiger partial charge < -0.3 is 122 Å². The van der Waals surface area contributed by atoms with Crippen molar-refractivity contribution < 1.29 is 112 Å². The van der Waals surface area contributed by atoms with E-state index in [2.05, 4.69) is 63.8 Å². The van der Waals surface area contributed by atoms with Gasteiger partial charge in [-0.2, -0.15) is 0 Å². The lowest BCUT2D eigenvalue weighted by Crippen LogP contribution is -2.62. The van der Waals surface area contributed by atoms with Gasteiger partial charge in [0.05, 0.1) is 44.7 Å². The number of aliphatic carboxylic acids is 2. The number of likely N-dealkylation sites (tertiary alicyclic amines) is 1. The van der Waals surface area contributed by atoms with Crippen molar-refractivity contribution in [3.8, 4) is 5.75 Å². The first-order chi connectivity index (χ1) is 48.5. The number of amides is 15. The minimum atomic E-state index is -2.09. The molecule has 1 saturated heterocycles. The number of benzene rings is 2. The van der Waals surface area contributed by atoms with Gasteiger partial charge in [0.2, 0.25) is 88.6 Å². The van der Waals surface area contributed by atoms with Gasteiger partial charge in [-0.25, -0.2) is 4.79 Å². The number of phenolic OH excluding ortho intramolecular Hbond substituents is 1. The van der Waals surface area contributed by atoms with Crippen LogP contribution in [0.3, 0.4) is 0 Å². The predicted octanol–water partition coefficient (Wildman–Crippen LogP) is -9.80. The van der Waals surface area contributed by atoms with E-state index in [1.807, 2.05) is 0 Å². The summed E-state index contributed by atoms with van der Waals surface area (Å²) in [6.07, 6.45) is -5.64. The molecule has 1 aliphatic rings. The van der Waals surface area contributed by atoms with Crippen LogP contribution in [0, 0.1) is 0 Å². The number of rotatable bonds is 44. The van der Waals surface area contributed by atoms with E-state index in [0.29, 0.717) is 18.4 Å². The van der Waals surface area contributed by atoms with Crippen LogP contribution in [-0.4, -0.2) is 254 Å². The first-order valence-electron chi connectivity index (χ1n) is 32.6. The zero-order valence-corrected chi connectivity index (χ0v) is 57.0. The number of aromatic hydroxyl groups is 1. The quantitative estimate of drug-likeness (QED) is 0.0274. The molecule has 0 aliphatic carbocycles. The zero-order chi connectivity index (χ0) is 77.4. The van der Waals surface area contributed by atoms with Crippen LogP contribution in [0.25, 0.3) is 0 Å². The summed E-state index contributed by atoms with van der Waals surface area (Å²) in [7, 11) is 0. The number of aliphatic hydroxyl groups excluding tert-OH is 3. The number of hydrogen-bond acceptors (Lipinski definition) is 23. The van der Waals surface area contributed by atoms with Crippen LogP contribution in [-0.2, 0) is 94.3 Å². The average Bonchev–Trinajstić information content (AvgIpc) is 1.79. The van der Waals surface area contributed by atoms with E-state index in [1.54, 1.807) is 30.3 Å². The third-order valence-electron chi connectivity index (χ3n) is 15.8. The molecule has 40 nitrogen and oxygen atoms in total. The Labute approximate surface area is 589 Å². The minimum absolute atomic E-state index is 0.0146. The smallest absolute Gasteiger partial charge is 0.326 e. The maximum absolute atomic E-state index is 14.3. The summed E-state index contributed by atoms with van der Waals surface area (Å²) >= 11 is 0. The Bertz CT molecular complexity index is 3350. The van der Waals surface area contributed by atoms with Crippen LogP contribution in [0.4, 0.5) is 0 Å². The molecule has 14 atom stereocenters. The number of carboxylic acids is 2. The number of hydrogen-bond donors (Lipinski definition) is 22. The number of carbonyl (C=O) groups is 17. The summed E-state index contributed by atoms with van der Waals surface area (Å²) in [5, 5.41) is 87.6. The molecule has 2 aromatic rings. The van der Waals surface area contributed by atoms with Crippen molar-refractivity contribution in [2.75, 3.05) is 32.8 Å². The van der Waals surface area contributed by atoms with Crippen LogP contribution < -0.4 is 86.7 Å². The largest absolute Gasteiger partial charge is 0.508 e. The summed E-state index contributed by atoms with van der Waals surface area (Å²) < 4.78 is 0. The van der Waals surface area contributed by atoms with Crippen molar-refractivity contribution >= 4 is 101 Å². The molecule has 0 saturated carbocycles. The summed E-state index contributed by atoms with van der Waals surface area (Å²) in [6, 6.07) is -6.68. The van der Waals surface area contributed by atoms with Gasteiger partial charge in [-0.05, 0) is 96.0 Å². The zero-order valence-electron chi connectivity index (χ0n) is 57.0. The minimum Gasteiger partial charge on any atom is -0.508 e. The van der Waals surface area contributed by atoms with Gasteiger partial charge in [0.25, 0.3) is 0 Å². The molecular formula is C63H93N17O23. The van der Waals surface area contributed by atoms with Crippen LogP contribution in [0.5, 0.6) is 5.75 Å². The molecule has 0 aromatic heterocycles. The maximum Gasteiger partial charge on any atom is 0.326 e. The lowest BCUT2D eigenvalue weighted by molar-refractivity contribution is -0.142. The monoisotopic (exact) mass is 1460 g/mol. The number of carboxylic acid groups (broad SMARTS) is 2. The summed E-state index contributed by atoms with van der Waals surface area (Å²) in [5.41, 5.74) is 22.3. The number of phenols is 1. The fourth-order valence-electron chi connectivity index (χ4n) is 10.1. The van der Waals surface area contributed by atoms with Crippen molar-refractivity contribution in [1.82, 2.24) is 68.7 Å². The molecule has 1 fully saturated rings. The van der Waals surface area contributed by atoms with Crippen molar-refractivity contribution in [3.05, 3.63) is 65.7 Å². The second-order valence-corrected chi connectivity index (χ2v) is 24.3. The van der Waals surface area contributed by atoms with Crippen molar-refractivity contribution in [2.24, 2.45) is 22.9 Å². The van der Waals surface area contributed by atoms with Crippen LogP contribution in [0.2, 0.25) is 0 Å².